The molecule has 2 aromatic carbocycles. The molecule has 1 N–H and O–H groups in total. The van der Waals surface area contributed by atoms with Gasteiger partial charge in [0.2, 0.25) is 0 Å². The maximum atomic E-state index is 11.0. The average Bonchev–Trinajstić information content (AvgIpc) is 2.63. The van der Waals surface area contributed by atoms with Gasteiger partial charge in [-0.2, -0.15) is 0 Å². The predicted octanol–water partition coefficient (Wildman–Crippen LogP) is 3.24. The van der Waals surface area contributed by atoms with Crippen LogP contribution in [0.3, 0.4) is 0 Å². The summed E-state index contributed by atoms with van der Waals surface area (Å²) in [5.41, 5.74) is 5.33. The molecule has 1 atom stereocenters. The topological polar surface area (TPSA) is 20.2 Å². The lowest BCUT2D eigenvalue weighted by atomic mass is 9.78. The van der Waals surface area contributed by atoms with Crippen molar-refractivity contribution >= 4 is 0 Å². The van der Waals surface area contributed by atoms with Crippen LogP contribution in [0.2, 0.25) is 0 Å². The number of aliphatic hydroxyl groups is 1. The van der Waals surface area contributed by atoms with Crippen LogP contribution in [0, 0.1) is 0 Å². The van der Waals surface area contributed by atoms with E-state index in [9.17, 15) is 5.11 Å². The zero-order chi connectivity index (χ0) is 11.5. The second-order valence-corrected chi connectivity index (χ2v) is 5.10. The summed E-state index contributed by atoms with van der Waals surface area (Å²) in [7, 11) is 0. The van der Waals surface area contributed by atoms with Crippen molar-refractivity contribution in [1.82, 2.24) is 0 Å². The molecule has 0 unspecified atom stereocenters. The Bertz CT molecular complexity index is 615. The molecule has 0 heterocycles. The van der Waals surface area contributed by atoms with Crippen molar-refractivity contribution in [3.05, 3.63) is 59.2 Å². The van der Waals surface area contributed by atoms with Crippen LogP contribution in [0.25, 0.3) is 11.1 Å². The number of benzene rings is 2. The van der Waals surface area contributed by atoms with Crippen LogP contribution >= 0.6 is 0 Å². The first kappa shape index (κ1) is 9.43. The van der Waals surface area contributed by atoms with Gasteiger partial charge in [0.05, 0.1) is 0 Å². The van der Waals surface area contributed by atoms with Gasteiger partial charge in [0.15, 0.2) is 0 Å². The van der Waals surface area contributed by atoms with E-state index in [4.69, 9.17) is 0 Å². The van der Waals surface area contributed by atoms with Gasteiger partial charge in [-0.1, -0.05) is 42.5 Å². The van der Waals surface area contributed by atoms with Gasteiger partial charge >= 0.3 is 0 Å². The molecule has 2 aliphatic carbocycles. The molecule has 1 heteroatoms. The number of hydrogen-bond acceptors (Lipinski definition) is 1. The summed E-state index contributed by atoms with van der Waals surface area (Å²) in [5.74, 6) is 0. The molecule has 2 aliphatic rings. The minimum Gasteiger partial charge on any atom is -0.380 e. The highest BCUT2D eigenvalue weighted by atomic mass is 16.3. The predicted molar refractivity (Wildman–Crippen MR) is 67.8 cm³/mol. The first-order valence-electron chi connectivity index (χ1n) is 6.25. The fourth-order valence-corrected chi connectivity index (χ4v) is 3.53. The molecule has 0 radical (unpaired) electrons. The van der Waals surface area contributed by atoms with E-state index in [1.54, 1.807) is 0 Å². The zero-order valence-corrected chi connectivity index (χ0v) is 9.61. The van der Waals surface area contributed by atoms with Gasteiger partial charge in [0.1, 0.15) is 5.60 Å². The number of fused-ring (bicyclic) bond motifs is 3. The normalized spacial score (nSPS) is 24.3. The Morgan fingerprint density at radius 3 is 2.71 bits per heavy atom. The van der Waals surface area contributed by atoms with Crippen LogP contribution in [0.1, 0.15) is 29.5 Å². The van der Waals surface area contributed by atoms with E-state index in [1.807, 2.05) is 6.07 Å². The van der Waals surface area contributed by atoms with E-state index < -0.39 is 5.60 Å². The smallest absolute Gasteiger partial charge is 0.116 e. The molecule has 84 valence electrons. The van der Waals surface area contributed by atoms with Crippen LogP contribution in [-0.4, -0.2) is 5.11 Å². The third-order valence-electron chi connectivity index (χ3n) is 4.21. The van der Waals surface area contributed by atoms with Gasteiger partial charge < -0.3 is 5.11 Å². The molecule has 0 bridgehead atoms. The lowest BCUT2D eigenvalue weighted by Gasteiger charge is -2.31. The van der Waals surface area contributed by atoms with Gasteiger partial charge in [-0.05, 0) is 47.1 Å². The second kappa shape index (κ2) is 2.99. The van der Waals surface area contributed by atoms with Crippen molar-refractivity contribution in [3.8, 4) is 11.1 Å². The molecule has 0 fully saturated rings. The van der Waals surface area contributed by atoms with Gasteiger partial charge in [0.25, 0.3) is 0 Å². The summed E-state index contributed by atoms with van der Waals surface area (Å²) in [4.78, 5) is 0. The molecular weight excluding hydrogens is 208 g/mol. The monoisotopic (exact) mass is 222 g/mol. The molecular formula is C16H14O. The van der Waals surface area contributed by atoms with Crippen LogP contribution in [0.4, 0.5) is 0 Å². The molecule has 17 heavy (non-hydrogen) atoms. The average molecular weight is 222 g/mol. The fourth-order valence-electron chi connectivity index (χ4n) is 3.53. The quantitative estimate of drug-likeness (QED) is 0.725. The van der Waals surface area contributed by atoms with Crippen molar-refractivity contribution in [2.45, 2.75) is 24.9 Å². The Hall–Kier alpha value is -1.60. The first-order chi connectivity index (χ1) is 8.31. The molecule has 0 saturated heterocycles. The minimum atomic E-state index is -0.721. The van der Waals surface area contributed by atoms with E-state index in [1.165, 1.54) is 22.3 Å². The molecule has 1 nitrogen and oxygen atoms in total. The maximum absolute atomic E-state index is 11.0. The Labute approximate surface area is 101 Å². The van der Waals surface area contributed by atoms with E-state index in [0.717, 1.165) is 24.8 Å². The van der Waals surface area contributed by atoms with Crippen molar-refractivity contribution < 1.29 is 5.11 Å². The highest BCUT2D eigenvalue weighted by Gasteiger charge is 2.44. The van der Waals surface area contributed by atoms with E-state index >= 15 is 0 Å². The lowest BCUT2D eigenvalue weighted by Crippen LogP contribution is -2.29. The molecule has 0 spiro atoms. The van der Waals surface area contributed by atoms with Crippen LogP contribution in [0.5, 0.6) is 0 Å². The highest BCUT2D eigenvalue weighted by Crippen LogP contribution is 2.53. The maximum Gasteiger partial charge on any atom is 0.116 e. The van der Waals surface area contributed by atoms with Crippen molar-refractivity contribution in [2.24, 2.45) is 0 Å². The molecule has 2 aromatic rings. The van der Waals surface area contributed by atoms with E-state index in [2.05, 4.69) is 36.4 Å². The van der Waals surface area contributed by atoms with Gasteiger partial charge in [-0.25, -0.2) is 0 Å². The molecule has 4 rings (SSSR count). The molecule has 0 amide bonds. The Morgan fingerprint density at radius 2 is 1.76 bits per heavy atom. The van der Waals surface area contributed by atoms with Crippen LogP contribution in [-0.2, 0) is 12.0 Å². The molecule has 0 aliphatic heterocycles. The summed E-state index contributed by atoms with van der Waals surface area (Å²) in [6.07, 6.45) is 3.02. The standard InChI is InChI=1S/C16H14O/c17-16-10-4-6-11-5-3-8-13(15(11)16)12-7-1-2-9-14(12)16/h1-3,5,7-9,17H,4,6,10H2/t16-/m0/s1. The number of rotatable bonds is 0. The van der Waals surface area contributed by atoms with Crippen LogP contribution < -0.4 is 0 Å². The van der Waals surface area contributed by atoms with Crippen LogP contribution in [0.15, 0.2) is 42.5 Å². The fraction of sp³-hybridized carbons (Fsp3) is 0.250. The number of aryl methyl sites for hydroxylation is 1. The highest BCUT2D eigenvalue weighted by molar-refractivity contribution is 5.81. The Kier molecular flexibility index (Phi) is 1.66. The summed E-state index contributed by atoms with van der Waals surface area (Å²) >= 11 is 0. The van der Waals surface area contributed by atoms with E-state index in [0.29, 0.717) is 0 Å². The third-order valence-corrected chi connectivity index (χ3v) is 4.21. The Balaban J connectivity index is 2.16. The second-order valence-electron chi connectivity index (χ2n) is 5.10. The summed E-state index contributed by atoms with van der Waals surface area (Å²) in [6, 6.07) is 14.7. The van der Waals surface area contributed by atoms with Crippen molar-refractivity contribution in [3.63, 3.8) is 0 Å². The largest absolute Gasteiger partial charge is 0.380 e. The lowest BCUT2D eigenvalue weighted by molar-refractivity contribution is 0.0665. The molecule has 0 saturated carbocycles. The summed E-state index contributed by atoms with van der Waals surface area (Å²) in [6.45, 7) is 0. The molecule has 0 aromatic heterocycles. The number of hydrogen-bond donors (Lipinski definition) is 1. The van der Waals surface area contributed by atoms with Gasteiger partial charge in [0, 0.05) is 0 Å². The first-order valence-corrected chi connectivity index (χ1v) is 6.25. The van der Waals surface area contributed by atoms with Crippen molar-refractivity contribution in [2.75, 3.05) is 0 Å². The summed E-state index contributed by atoms with van der Waals surface area (Å²) < 4.78 is 0. The minimum absolute atomic E-state index is 0.721. The third kappa shape index (κ3) is 1.03. The van der Waals surface area contributed by atoms with E-state index in [-0.39, 0.29) is 0 Å². The van der Waals surface area contributed by atoms with Gasteiger partial charge in [-0.15, -0.1) is 0 Å². The Morgan fingerprint density at radius 1 is 0.941 bits per heavy atom. The van der Waals surface area contributed by atoms with Crippen molar-refractivity contribution in [1.29, 1.82) is 0 Å². The zero-order valence-electron chi connectivity index (χ0n) is 9.61. The van der Waals surface area contributed by atoms with Gasteiger partial charge in [-0.3, -0.25) is 0 Å². The summed E-state index contributed by atoms with van der Waals surface area (Å²) in [5, 5.41) is 11.0. The SMILES string of the molecule is O[C@]12CCCc3cccc(c31)-c1ccccc12.